The maximum Gasteiger partial charge on any atom is 0.220 e. The van der Waals surface area contributed by atoms with E-state index < -0.39 is 0 Å². The van der Waals surface area contributed by atoms with Crippen molar-refractivity contribution in [2.75, 3.05) is 19.6 Å². The van der Waals surface area contributed by atoms with E-state index >= 15 is 0 Å². The van der Waals surface area contributed by atoms with E-state index in [1.807, 2.05) is 24.3 Å². The van der Waals surface area contributed by atoms with E-state index in [1.165, 1.54) is 0 Å². The highest BCUT2D eigenvalue weighted by Gasteiger charge is 2.17. The van der Waals surface area contributed by atoms with E-state index in [0.717, 1.165) is 16.7 Å². The summed E-state index contributed by atoms with van der Waals surface area (Å²) in [6.45, 7) is 2.66. The zero-order chi connectivity index (χ0) is 13.7. The van der Waals surface area contributed by atoms with Crippen molar-refractivity contribution in [1.29, 1.82) is 0 Å². The van der Waals surface area contributed by atoms with Crippen molar-refractivity contribution in [2.45, 2.75) is 12.8 Å². The van der Waals surface area contributed by atoms with Crippen molar-refractivity contribution >= 4 is 34.3 Å². The van der Waals surface area contributed by atoms with E-state index in [-0.39, 0.29) is 24.5 Å². The third-order valence-electron chi connectivity index (χ3n) is 3.20. The summed E-state index contributed by atoms with van der Waals surface area (Å²) in [6.07, 6.45) is 0.542. The van der Waals surface area contributed by atoms with Gasteiger partial charge in [-0.05, 0) is 34.7 Å². The topological polar surface area (TPSA) is 58.2 Å². The molecule has 1 aromatic carbocycles. The lowest BCUT2D eigenvalue weighted by atomic mass is 10.0. The number of rotatable bonds is 6. The first kappa shape index (κ1) is 14.5. The first-order valence-corrected chi connectivity index (χ1v) is 7.49. The molecule has 0 radical (unpaired) electrons. The van der Waals surface area contributed by atoms with Gasteiger partial charge in [0.15, 0.2) is 5.78 Å². The maximum absolute atomic E-state index is 11.9. The Labute approximate surface area is 126 Å². The fraction of sp³-hybridized carbons (Fsp3) is 0.429. The minimum atomic E-state index is -0.0363. The molecular formula is C14H17IN2O2. The van der Waals surface area contributed by atoms with Gasteiger partial charge in [0, 0.05) is 47.5 Å². The molecule has 1 aliphatic heterocycles. The van der Waals surface area contributed by atoms with Crippen LogP contribution in [0.1, 0.15) is 23.2 Å². The third kappa shape index (κ3) is 4.58. The molecule has 1 fully saturated rings. The average molecular weight is 372 g/mol. The summed E-state index contributed by atoms with van der Waals surface area (Å²) < 4.78 is 1.10. The van der Waals surface area contributed by atoms with Crippen LogP contribution in [0, 0.1) is 9.49 Å². The number of ketones is 1. The fourth-order valence-electron chi connectivity index (χ4n) is 1.85. The van der Waals surface area contributed by atoms with E-state index in [1.54, 1.807) is 0 Å². The van der Waals surface area contributed by atoms with Gasteiger partial charge >= 0.3 is 0 Å². The molecule has 19 heavy (non-hydrogen) atoms. The molecule has 0 bridgehead atoms. The molecular weight excluding hydrogens is 355 g/mol. The van der Waals surface area contributed by atoms with E-state index in [9.17, 15) is 9.59 Å². The van der Waals surface area contributed by atoms with Gasteiger partial charge in [-0.2, -0.15) is 0 Å². The van der Waals surface area contributed by atoms with Crippen molar-refractivity contribution in [3.63, 3.8) is 0 Å². The van der Waals surface area contributed by atoms with E-state index in [4.69, 9.17) is 0 Å². The molecule has 1 heterocycles. The Hall–Kier alpha value is -0.950. The van der Waals surface area contributed by atoms with Crippen LogP contribution < -0.4 is 10.6 Å². The van der Waals surface area contributed by atoms with E-state index in [0.29, 0.717) is 18.0 Å². The van der Waals surface area contributed by atoms with Gasteiger partial charge in [0.2, 0.25) is 5.91 Å². The molecule has 102 valence electrons. The number of carbonyl (C=O) groups is 2. The molecule has 5 heteroatoms. The lowest BCUT2D eigenvalue weighted by Crippen LogP contribution is -2.48. The molecule has 2 rings (SSSR count). The number of benzene rings is 1. The van der Waals surface area contributed by atoms with Crippen molar-refractivity contribution in [2.24, 2.45) is 5.92 Å². The lowest BCUT2D eigenvalue weighted by molar-refractivity contribution is -0.121. The van der Waals surface area contributed by atoms with Gasteiger partial charge < -0.3 is 10.6 Å². The number of carbonyl (C=O) groups excluding carboxylic acids is 2. The molecule has 0 aliphatic carbocycles. The van der Waals surface area contributed by atoms with Crippen LogP contribution in [0.5, 0.6) is 0 Å². The third-order valence-corrected chi connectivity index (χ3v) is 3.92. The zero-order valence-corrected chi connectivity index (χ0v) is 12.8. The Morgan fingerprint density at radius 1 is 1.21 bits per heavy atom. The smallest absolute Gasteiger partial charge is 0.220 e. The van der Waals surface area contributed by atoms with Crippen LogP contribution in [-0.2, 0) is 4.79 Å². The fourth-order valence-corrected chi connectivity index (χ4v) is 2.21. The predicted octanol–water partition coefficient (Wildman–Crippen LogP) is 1.59. The number of halogens is 1. The number of hydrogen-bond donors (Lipinski definition) is 2. The quantitative estimate of drug-likeness (QED) is 0.589. The van der Waals surface area contributed by atoms with Crippen LogP contribution in [0.25, 0.3) is 0 Å². The molecule has 1 aliphatic rings. The predicted molar refractivity (Wildman–Crippen MR) is 82.1 cm³/mol. The summed E-state index contributed by atoms with van der Waals surface area (Å²) in [5, 5.41) is 6.02. The van der Waals surface area contributed by atoms with Gasteiger partial charge in [-0.1, -0.05) is 12.1 Å². The van der Waals surface area contributed by atoms with Crippen LogP contribution >= 0.6 is 22.6 Å². The number of nitrogens with one attached hydrogen (secondary N) is 2. The Kier molecular flexibility index (Phi) is 5.33. The van der Waals surface area contributed by atoms with Crippen molar-refractivity contribution < 1.29 is 9.59 Å². The van der Waals surface area contributed by atoms with Gasteiger partial charge in [0.05, 0.1) is 0 Å². The Balaban J connectivity index is 1.70. The number of Topliss-reactive ketones (excluding diaryl/α,β-unsaturated/α-hetero) is 1. The van der Waals surface area contributed by atoms with Gasteiger partial charge in [-0.3, -0.25) is 9.59 Å². The highest BCUT2D eigenvalue weighted by atomic mass is 127. The van der Waals surface area contributed by atoms with Gasteiger partial charge in [-0.25, -0.2) is 0 Å². The summed E-state index contributed by atoms with van der Waals surface area (Å²) in [5.74, 6) is 0.540. The van der Waals surface area contributed by atoms with Gasteiger partial charge in [0.1, 0.15) is 0 Å². The summed E-state index contributed by atoms with van der Waals surface area (Å²) in [6, 6.07) is 7.42. The minimum Gasteiger partial charge on any atom is -0.356 e. The first-order chi connectivity index (χ1) is 9.15. The minimum absolute atomic E-state index is 0.0249. The second-order valence-electron chi connectivity index (χ2n) is 4.76. The van der Waals surface area contributed by atoms with Gasteiger partial charge in [0.25, 0.3) is 0 Å². The molecule has 0 saturated carbocycles. The van der Waals surface area contributed by atoms with E-state index in [2.05, 4.69) is 33.2 Å². The highest BCUT2D eigenvalue weighted by molar-refractivity contribution is 14.1. The molecule has 4 nitrogen and oxygen atoms in total. The standard InChI is InChI=1S/C14H17IN2O2/c15-12-3-1-11(2-4-12)13(18)5-6-14(19)17-9-10-7-16-8-10/h1-4,10,16H,5-9H2,(H,17,19). The van der Waals surface area contributed by atoms with Gasteiger partial charge in [-0.15, -0.1) is 0 Å². The SMILES string of the molecule is O=C(CCC(=O)c1ccc(I)cc1)NCC1CNC1. The van der Waals surface area contributed by atoms with Crippen LogP contribution in [0.2, 0.25) is 0 Å². The van der Waals surface area contributed by atoms with Crippen molar-refractivity contribution in [1.82, 2.24) is 10.6 Å². The van der Waals surface area contributed by atoms with Crippen LogP contribution in [0.15, 0.2) is 24.3 Å². The normalized spacial score (nSPS) is 14.8. The lowest BCUT2D eigenvalue weighted by Gasteiger charge is -2.27. The Morgan fingerprint density at radius 2 is 1.89 bits per heavy atom. The largest absolute Gasteiger partial charge is 0.356 e. The second-order valence-corrected chi connectivity index (χ2v) is 6.00. The van der Waals surface area contributed by atoms with Crippen LogP contribution in [0.3, 0.4) is 0 Å². The summed E-state index contributed by atoms with van der Waals surface area (Å²) in [7, 11) is 0. The molecule has 0 spiro atoms. The summed E-state index contributed by atoms with van der Waals surface area (Å²) in [5.41, 5.74) is 0.677. The number of amides is 1. The molecule has 1 amide bonds. The summed E-state index contributed by atoms with van der Waals surface area (Å²) >= 11 is 2.20. The Morgan fingerprint density at radius 3 is 2.47 bits per heavy atom. The molecule has 1 aromatic rings. The zero-order valence-electron chi connectivity index (χ0n) is 10.6. The maximum atomic E-state index is 11.9. The summed E-state index contributed by atoms with van der Waals surface area (Å²) in [4.78, 5) is 23.5. The van der Waals surface area contributed by atoms with Crippen molar-refractivity contribution in [3.8, 4) is 0 Å². The average Bonchev–Trinajstić information content (AvgIpc) is 2.35. The molecule has 0 unspecified atom stereocenters. The first-order valence-electron chi connectivity index (χ1n) is 6.41. The number of hydrogen-bond acceptors (Lipinski definition) is 3. The highest BCUT2D eigenvalue weighted by Crippen LogP contribution is 2.10. The molecule has 1 saturated heterocycles. The van der Waals surface area contributed by atoms with Crippen molar-refractivity contribution in [3.05, 3.63) is 33.4 Å². The second kappa shape index (κ2) is 7.00. The van der Waals surface area contributed by atoms with Crippen LogP contribution in [-0.4, -0.2) is 31.3 Å². The van der Waals surface area contributed by atoms with Crippen LogP contribution in [0.4, 0.5) is 0 Å². The molecule has 0 aromatic heterocycles. The Bertz CT molecular complexity index is 455. The monoisotopic (exact) mass is 372 g/mol. The molecule has 0 atom stereocenters. The molecule has 2 N–H and O–H groups in total.